The van der Waals surface area contributed by atoms with Crippen molar-refractivity contribution in [2.24, 2.45) is 5.92 Å². The molecule has 2 unspecified atom stereocenters. The number of carbonyl (C=O) groups excluding carboxylic acids is 1. The molecule has 0 aliphatic heterocycles. The molecule has 0 aromatic rings. The molecule has 0 spiro atoms. The van der Waals surface area contributed by atoms with Gasteiger partial charge in [-0.25, -0.2) is 0 Å². The highest BCUT2D eigenvalue weighted by Gasteiger charge is 2.26. The lowest BCUT2D eigenvalue weighted by atomic mass is 10.2. The molecule has 0 saturated heterocycles. The fraction of sp³-hybridized carbons (Fsp3) is 0.923. The lowest BCUT2D eigenvalue weighted by molar-refractivity contribution is -0.120. The van der Waals surface area contributed by atoms with E-state index in [1.165, 1.54) is 25.0 Å². The zero-order chi connectivity index (χ0) is 12.7. The van der Waals surface area contributed by atoms with Crippen LogP contribution in [0.15, 0.2) is 0 Å². The van der Waals surface area contributed by atoms with E-state index in [9.17, 15) is 4.79 Å². The van der Waals surface area contributed by atoms with Gasteiger partial charge in [0.1, 0.15) is 0 Å². The third-order valence-corrected chi connectivity index (χ3v) is 4.39. The van der Waals surface area contributed by atoms with E-state index < -0.39 is 0 Å². The second-order valence-electron chi connectivity index (χ2n) is 5.11. The van der Waals surface area contributed by atoms with Crippen LogP contribution in [-0.4, -0.2) is 36.0 Å². The van der Waals surface area contributed by atoms with Gasteiger partial charge in [0.15, 0.2) is 0 Å². The molecule has 0 aromatic heterocycles. The number of hydrogen-bond donors (Lipinski definition) is 2. The molecule has 1 aliphatic carbocycles. The minimum absolute atomic E-state index is 0.130. The Morgan fingerprint density at radius 2 is 2.18 bits per heavy atom. The Morgan fingerprint density at radius 1 is 1.41 bits per heavy atom. The lowest BCUT2D eigenvalue weighted by Crippen LogP contribution is -2.42. The first-order valence-electron chi connectivity index (χ1n) is 6.75. The molecule has 100 valence electrons. The van der Waals surface area contributed by atoms with Gasteiger partial charge in [0, 0.05) is 17.8 Å². The van der Waals surface area contributed by atoms with E-state index in [1.807, 2.05) is 11.8 Å². The van der Waals surface area contributed by atoms with Gasteiger partial charge in [0.2, 0.25) is 5.91 Å². The standard InChI is InChI=1S/C13H26N2OS/c1-4-17-12-7-5-6-11(12)14-9-13(16)15-8-10(2)3/h10-12,14H,4-9H2,1-3H3,(H,15,16). The summed E-state index contributed by atoms with van der Waals surface area (Å²) in [6.45, 7) is 7.67. The largest absolute Gasteiger partial charge is 0.355 e. The predicted octanol–water partition coefficient (Wildman–Crippen LogP) is 2.02. The molecule has 3 nitrogen and oxygen atoms in total. The van der Waals surface area contributed by atoms with Gasteiger partial charge in [-0.05, 0) is 24.5 Å². The van der Waals surface area contributed by atoms with Crippen LogP contribution in [0.25, 0.3) is 0 Å². The number of hydrogen-bond acceptors (Lipinski definition) is 3. The smallest absolute Gasteiger partial charge is 0.233 e. The summed E-state index contributed by atoms with van der Waals surface area (Å²) < 4.78 is 0. The number of carbonyl (C=O) groups is 1. The maximum absolute atomic E-state index is 11.6. The Morgan fingerprint density at radius 3 is 2.82 bits per heavy atom. The van der Waals surface area contributed by atoms with E-state index in [-0.39, 0.29) is 5.91 Å². The summed E-state index contributed by atoms with van der Waals surface area (Å²) in [6.07, 6.45) is 3.81. The van der Waals surface area contributed by atoms with E-state index in [4.69, 9.17) is 0 Å². The molecule has 1 amide bonds. The lowest BCUT2D eigenvalue weighted by Gasteiger charge is -2.20. The van der Waals surface area contributed by atoms with Gasteiger partial charge in [0.05, 0.1) is 6.54 Å². The molecular formula is C13H26N2OS. The van der Waals surface area contributed by atoms with Crippen LogP contribution in [0.4, 0.5) is 0 Å². The molecule has 4 heteroatoms. The van der Waals surface area contributed by atoms with Crippen LogP contribution >= 0.6 is 11.8 Å². The van der Waals surface area contributed by atoms with Gasteiger partial charge in [-0.1, -0.05) is 27.2 Å². The Balaban J connectivity index is 2.18. The van der Waals surface area contributed by atoms with Crippen molar-refractivity contribution in [1.29, 1.82) is 0 Å². The molecule has 1 rings (SSSR count). The Kier molecular flexibility index (Phi) is 6.97. The third kappa shape index (κ3) is 5.77. The molecule has 2 N–H and O–H groups in total. The maximum atomic E-state index is 11.6. The quantitative estimate of drug-likeness (QED) is 0.734. The minimum atomic E-state index is 0.130. The molecule has 1 aliphatic rings. The van der Waals surface area contributed by atoms with Crippen LogP contribution in [0.1, 0.15) is 40.0 Å². The fourth-order valence-corrected chi connectivity index (χ4v) is 3.40. The number of thioether (sulfide) groups is 1. The van der Waals surface area contributed by atoms with Crippen molar-refractivity contribution in [3.05, 3.63) is 0 Å². The Bertz CT molecular complexity index is 233. The zero-order valence-corrected chi connectivity index (χ0v) is 12.1. The highest BCUT2D eigenvalue weighted by atomic mass is 32.2. The average Bonchev–Trinajstić information content (AvgIpc) is 2.71. The van der Waals surface area contributed by atoms with Crippen LogP contribution in [0.3, 0.4) is 0 Å². The van der Waals surface area contributed by atoms with E-state index in [0.29, 0.717) is 23.8 Å². The average molecular weight is 258 g/mol. The SMILES string of the molecule is CCSC1CCCC1NCC(=O)NCC(C)C. The topological polar surface area (TPSA) is 41.1 Å². The summed E-state index contributed by atoms with van der Waals surface area (Å²) in [7, 11) is 0. The van der Waals surface area contributed by atoms with Crippen molar-refractivity contribution in [2.75, 3.05) is 18.8 Å². The molecule has 0 heterocycles. The third-order valence-electron chi connectivity index (χ3n) is 3.07. The Labute approximate surface area is 109 Å². The van der Waals surface area contributed by atoms with E-state index >= 15 is 0 Å². The fourth-order valence-electron chi connectivity index (χ4n) is 2.18. The number of rotatable bonds is 7. The van der Waals surface area contributed by atoms with Crippen LogP contribution in [0, 0.1) is 5.92 Å². The molecule has 1 fully saturated rings. The summed E-state index contributed by atoms with van der Waals surface area (Å²) in [6, 6.07) is 0.532. The summed E-state index contributed by atoms with van der Waals surface area (Å²) in [5, 5.41) is 7.06. The van der Waals surface area contributed by atoms with Crippen molar-refractivity contribution in [3.63, 3.8) is 0 Å². The normalized spacial score (nSPS) is 24.2. The molecule has 2 atom stereocenters. The van der Waals surface area contributed by atoms with E-state index in [2.05, 4.69) is 31.4 Å². The number of amides is 1. The minimum Gasteiger partial charge on any atom is -0.355 e. The molecule has 0 radical (unpaired) electrons. The first kappa shape index (κ1) is 14.8. The second kappa shape index (κ2) is 7.98. The van der Waals surface area contributed by atoms with E-state index in [1.54, 1.807) is 0 Å². The zero-order valence-electron chi connectivity index (χ0n) is 11.3. The molecule has 0 aromatic carbocycles. The van der Waals surface area contributed by atoms with E-state index in [0.717, 1.165) is 6.54 Å². The second-order valence-corrected chi connectivity index (χ2v) is 6.63. The van der Waals surface area contributed by atoms with Crippen molar-refractivity contribution >= 4 is 17.7 Å². The Hall–Kier alpha value is -0.220. The van der Waals surface area contributed by atoms with Crippen molar-refractivity contribution in [1.82, 2.24) is 10.6 Å². The molecule has 1 saturated carbocycles. The van der Waals surface area contributed by atoms with Gasteiger partial charge < -0.3 is 10.6 Å². The first-order valence-corrected chi connectivity index (χ1v) is 7.80. The maximum Gasteiger partial charge on any atom is 0.233 e. The monoisotopic (exact) mass is 258 g/mol. The molecule has 17 heavy (non-hydrogen) atoms. The van der Waals surface area contributed by atoms with Gasteiger partial charge in [-0.2, -0.15) is 11.8 Å². The van der Waals surface area contributed by atoms with Crippen molar-refractivity contribution in [2.45, 2.75) is 51.3 Å². The molecular weight excluding hydrogens is 232 g/mol. The highest BCUT2D eigenvalue weighted by molar-refractivity contribution is 7.99. The molecule has 0 bridgehead atoms. The first-order chi connectivity index (χ1) is 8.13. The highest BCUT2D eigenvalue weighted by Crippen LogP contribution is 2.29. The number of nitrogens with one attached hydrogen (secondary N) is 2. The summed E-state index contributed by atoms with van der Waals surface area (Å²) in [4.78, 5) is 11.6. The van der Waals surface area contributed by atoms with Gasteiger partial charge in [-0.3, -0.25) is 4.79 Å². The van der Waals surface area contributed by atoms with Crippen LogP contribution < -0.4 is 10.6 Å². The predicted molar refractivity (Wildman–Crippen MR) is 75.4 cm³/mol. The van der Waals surface area contributed by atoms with Gasteiger partial charge >= 0.3 is 0 Å². The summed E-state index contributed by atoms with van der Waals surface area (Å²) in [5.41, 5.74) is 0. The van der Waals surface area contributed by atoms with Gasteiger partial charge in [0.25, 0.3) is 0 Å². The summed E-state index contributed by atoms with van der Waals surface area (Å²) >= 11 is 2.02. The van der Waals surface area contributed by atoms with Crippen molar-refractivity contribution in [3.8, 4) is 0 Å². The summed E-state index contributed by atoms with van der Waals surface area (Å²) in [5.74, 6) is 1.82. The van der Waals surface area contributed by atoms with Gasteiger partial charge in [-0.15, -0.1) is 0 Å². The van der Waals surface area contributed by atoms with Crippen LogP contribution in [-0.2, 0) is 4.79 Å². The van der Waals surface area contributed by atoms with Crippen LogP contribution in [0.2, 0.25) is 0 Å². The van der Waals surface area contributed by atoms with Crippen LogP contribution in [0.5, 0.6) is 0 Å². The van der Waals surface area contributed by atoms with Crippen molar-refractivity contribution < 1.29 is 4.79 Å².